The molecule has 7 nitrogen and oxygen atoms in total. The molecule has 2 aromatic carbocycles. The van der Waals surface area contributed by atoms with Crippen LogP contribution in [0.3, 0.4) is 0 Å². The molecule has 0 aliphatic heterocycles. The van der Waals surface area contributed by atoms with Gasteiger partial charge in [-0.2, -0.15) is 4.98 Å². The molecule has 8 heteroatoms. The number of methoxy groups -OCH3 is 1. The van der Waals surface area contributed by atoms with E-state index in [0.717, 1.165) is 53.6 Å². The Bertz CT molecular complexity index is 1500. The highest BCUT2D eigenvalue weighted by Gasteiger charge is 2.28. The van der Waals surface area contributed by atoms with Crippen molar-refractivity contribution in [3.05, 3.63) is 82.3 Å². The van der Waals surface area contributed by atoms with Crippen LogP contribution in [0, 0.1) is 0 Å². The Balaban J connectivity index is 1.51. The highest BCUT2D eigenvalue weighted by atomic mass is 32.2. The third-order valence-electron chi connectivity index (χ3n) is 7.22. The van der Waals surface area contributed by atoms with Crippen molar-refractivity contribution in [2.75, 3.05) is 13.4 Å². The second kappa shape index (κ2) is 10.7. The standard InChI is InChI=1S/C30H32N2O5S/c1-4-26(33)20-9-10-21(27(17-20)36-2)18-28-31-25-16-15-24(19-11-13-23(14-12-19)38(3,34)35)29(25)30(32-28)37-22-7-5-6-8-22/h9-15,17,22H,4-8,16,18H2,1-3H3. The first kappa shape index (κ1) is 26.1. The van der Waals surface area contributed by atoms with E-state index in [4.69, 9.17) is 19.4 Å². The summed E-state index contributed by atoms with van der Waals surface area (Å²) in [4.78, 5) is 22.3. The Hall–Kier alpha value is -3.52. The van der Waals surface area contributed by atoms with Gasteiger partial charge in [-0.1, -0.05) is 37.3 Å². The van der Waals surface area contributed by atoms with Crippen LogP contribution >= 0.6 is 0 Å². The molecule has 0 atom stereocenters. The van der Waals surface area contributed by atoms with Gasteiger partial charge in [-0.15, -0.1) is 0 Å². The van der Waals surface area contributed by atoms with Crippen LogP contribution in [-0.4, -0.2) is 43.6 Å². The molecule has 1 saturated carbocycles. The van der Waals surface area contributed by atoms with Crippen molar-refractivity contribution in [3.8, 4) is 11.6 Å². The zero-order valence-corrected chi connectivity index (χ0v) is 22.8. The molecule has 0 unspecified atom stereocenters. The molecular weight excluding hydrogens is 500 g/mol. The van der Waals surface area contributed by atoms with Crippen LogP contribution < -0.4 is 9.47 Å². The van der Waals surface area contributed by atoms with Crippen LogP contribution in [0.2, 0.25) is 0 Å². The van der Waals surface area contributed by atoms with Crippen molar-refractivity contribution in [3.63, 3.8) is 0 Å². The Labute approximate surface area is 223 Å². The number of carbonyl (C=O) groups is 1. The molecule has 1 aromatic heterocycles. The molecule has 0 spiro atoms. The molecule has 0 amide bonds. The lowest BCUT2D eigenvalue weighted by Gasteiger charge is -2.18. The molecule has 1 fully saturated rings. The zero-order valence-electron chi connectivity index (χ0n) is 22.0. The number of Topliss-reactive ketones (excluding diaryl/α,β-unsaturated/α-hetero) is 1. The quantitative estimate of drug-likeness (QED) is 0.341. The number of ether oxygens (including phenoxy) is 2. The Kier molecular flexibility index (Phi) is 7.34. The number of aromatic nitrogens is 2. The maximum atomic E-state index is 12.2. The number of carbonyl (C=O) groups excluding carboxylic acids is 1. The SMILES string of the molecule is CCC(=O)c1ccc(Cc2nc3c(c(OC4CCCC4)n2)C(c2ccc(S(C)(=O)=O)cc2)=CC3)c(OC)c1. The zero-order chi connectivity index (χ0) is 26.9. The van der Waals surface area contributed by atoms with Crippen LogP contribution in [0.5, 0.6) is 11.6 Å². The fourth-order valence-corrected chi connectivity index (χ4v) is 5.79. The van der Waals surface area contributed by atoms with Crippen LogP contribution in [0.4, 0.5) is 0 Å². The van der Waals surface area contributed by atoms with Crippen molar-refractivity contribution < 1.29 is 22.7 Å². The van der Waals surface area contributed by atoms with Crippen molar-refractivity contribution >= 4 is 21.2 Å². The normalized spacial score (nSPS) is 15.3. The van der Waals surface area contributed by atoms with Crippen LogP contribution in [-0.2, 0) is 22.7 Å². The molecule has 0 radical (unpaired) electrons. The van der Waals surface area contributed by atoms with E-state index in [2.05, 4.69) is 6.08 Å². The molecule has 5 rings (SSSR count). The highest BCUT2D eigenvalue weighted by molar-refractivity contribution is 7.90. The summed E-state index contributed by atoms with van der Waals surface area (Å²) in [5.41, 5.74) is 5.16. The molecule has 2 aliphatic carbocycles. The lowest BCUT2D eigenvalue weighted by Crippen LogP contribution is -2.15. The minimum atomic E-state index is -3.28. The summed E-state index contributed by atoms with van der Waals surface area (Å²) in [6.07, 6.45) is 9.21. The number of hydrogen-bond donors (Lipinski definition) is 0. The van der Waals surface area contributed by atoms with Gasteiger partial charge in [0.2, 0.25) is 5.88 Å². The molecule has 3 aromatic rings. The van der Waals surface area contributed by atoms with Gasteiger partial charge in [-0.25, -0.2) is 13.4 Å². The van der Waals surface area contributed by atoms with Gasteiger partial charge in [0, 0.05) is 36.6 Å². The third-order valence-corrected chi connectivity index (χ3v) is 8.35. The predicted octanol–water partition coefficient (Wildman–Crippen LogP) is 5.38. The molecule has 0 N–H and O–H groups in total. The third kappa shape index (κ3) is 5.36. The van der Waals surface area contributed by atoms with Crippen LogP contribution in [0.1, 0.15) is 77.6 Å². The molecule has 38 heavy (non-hydrogen) atoms. The van der Waals surface area contributed by atoms with Gasteiger partial charge >= 0.3 is 0 Å². The summed E-state index contributed by atoms with van der Waals surface area (Å²) >= 11 is 0. The Morgan fingerprint density at radius 1 is 1.05 bits per heavy atom. The minimum absolute atomic E-state index is 0.0686. The van der Waals surface area contributed by atoms with Gasteiger partial charge in [0.15, 0.2) is 15.6 Å². The number of fused-ring (bicyclic) bond motifs is 1. The van der Waals surface area contributed by atoms with Gasteiger partial charge < -0.3 is 9.47 Å². The maximum absolute atomic E-state index is 12.2. The second-order valence-electron chi connectivity index (χ2n) is 9.89. The number of allylic oxidation sites excluding steroid dienone is 1. The van der Waals surface area contributed by atoms with Gasteiger partial charge in [-0.05, 0) is 55.0 Å². The largest absolute Gasteiger partial charge is 0.496 e. The Morgan fingerprint density at radius 3 is 2.45 bits per heavy atom. The van der Waals surface area contributed by atoms with E-state index < -0.39 is 9.84 Å². The summed E-state index contributed by atoms with van der Waals surface area (Å²) < 4.78 is 35.9. The van der Waals surface area contributed by atoms with E-state index in [9.17, 15) is 13.2 Å². The summed E-state index contributed by atoms with van der Waals surface area (Å²) in [7, 11) is -1.68. The first-order valence-electron chi connectivity index (χ1n) is 13.0. The van der Waals surface area contributed by atoms with Crippen LogP contribution in [0.25, 0.3) is 5.57 Å². The van der Waals surface area contributed by atoms with E-state index >= 15 is 0 Å². The van der Waals surface area contributed by atoms with E-state index in [0.29, 0.717) is 42.3 Å². The fraction of sp³-hybridized carbons (Fsp3) is 0.367. The number of ketones is 1. The average Bonchev–Trinajstić information content (AvgIpc) is 3.58. The smallest absolute Gasteiger partial charge is 0.225 e. The van der Waals surface area contributed by atoms with E-state index in [1.165, 1.54) is 6.26 Å². The Morgan fingerprint density at radius 2 is 1.79 bits per heavy atom. The minimum Gasteiger partial charge on any atom is -0.496 e. The van der Waals surface area contributed by atoms with Crippen molar-refractivity contribution in [1.82, 2.24) is 9.97 Å². The summed E-state index contributed by atoms with van der Waals surface area (Å²) in [6, 6.07) is 12.4. The number of sulfone groups is 1. The molecule has 2 aliphatic rings. The maximum Gasteiger partial charge on any atom is 0.225 e. The number of rotatable bonds is 9. The molecular formula is C30H32N2O5S. The van der Waals surface area contributed by atoms with E-state index in [-0.39, 0.29) is 16.8 Å². The number of benzene rings is 2. The fourth-order valence-electron chi connectivity index (χ4n) is 5.16. The molecule has 198 valence electrons. The molecule has 1 heterocycles. The summed E-state index contributed by atoms with van der Waals surface area (Å²) in [5, 5.41) is 0. The summed E-state index contributed by atoms with van der Waals surface area (Å²) in [6.45, 7) is 1.84. The second-order valence-corrected chi connectivity index (χ2v) is 11.9. The highest BCUT2D eigenvalue weighted by Crippen LogP contribution is 2.39. The predicted molar refractivity (Wildman–Crippen MR) is 146 cm³/mol. The molecule has 0 saturated heterocycles. The topological polar surface area (TPSA) is 95.5 Å². The lowest BCUT2D eigenvalue weighted by atomic mass is 10.0. The van der Waals surface area contributed by atoms with Crippen molar-refractivity contribution in [2.45, 2.75) is 62.9 Å². The van der Waals surface area contributed by atoms with Gasteiger partial charge in [-0.3, -0.25) is 4.79 Å². The van der Waals surface area contributed by atoms with Crippen LogP contribution in [0.15, 0.2) is 53.4 Å². The van der Waals surface area contributed by atoms with Gasteiger partial charge in [0.1, 0.15) is 17.7 Å². The van der Waals surface area contributed by atoms with E-state index in [1.54, 1.807) is 25.3 Å². The van der Waals surface area contributed by atoms with Crippen molar-refractivity contribution in [1.29, 1.82) is 0 Å². The monoisotopic (exact) mass is 532 g/mol. The lowest BCUT2D eigenvalue weighted by molar-refractivity contribution is 0.0987. The van der Waals surface area contributed by atoms with E-state index in [1.807, 2.05) is 31.2 Å². The summed E-state index contributed by atoms with van der Waals surface area (Å²) in [5.74, 6) is 1.91. The van der Waals surface area contributed by atoms with Gasteiger partial charge in [0.25, 0.3) is 0 Å². The first-order valence-corrected chi connectivity index (χ1v) is 14.9. The number of nitrogens with zero attached hydrogens (tertiary/aromatic N) is 2. The van der Waals surface area contributed by atoms with Gasteiger partial charge in [0.05, 0.1) is 23.3 Å². The molecule has 0 bridgehead atoms. The number of hydrogen-bond acceptors (Lipinski definition) is 7. The average molecular weight is 533 g/mol. The van der Waals surface area contributed by atoms with Crippen molar-refractivity contribution in [2.24, 2.45) is 0 Å². The first-order chi connectivity index (χ1) is 18.3.